The molecule has 0 N–H and O–H groups in total. The van der Waals surface area contributed by atoms with Gasteiger partial charge in [0.05, 0.1) is 13.7 Å². The Morgan fingerprint density at radius 1 is 0.773 bits per heavy atom. The summed E-state index contributed by atoms with van der Waals surface area (Å²) in [6.07, 6.45) is 1.99. The van der Waals surface area contributed by atoms with Crippen molar-refractivity contribution in [2.75, 3.05) is 53.0 Å². The monoisotopic (exact) mass is 593 g/mol. The maximum atomic E-state index is 13.0. The number of amides is 1. The fourth-order valence-corrected chi connectivity index (χ4v) is 6.45. The Bertz CT molecular complexity index is 1520. The van der Waals surface area contributed by atoms with E-state index in [-0.39, 0.29) is 6.09 Å². The molecule has 7 nitrogen and oxygen atoms in total. The van der Waals surface area contributed by atoms with Crippen LogP contribution in [-0.2, 0) is 24.4 Å². The summed E-state index contributed by atoms with van der Waals surface area (Å²) in [5, 5.41) is 2.47. The third kappa shape index (κ3) is 7.52. The first-order valence-corrected chi connectivity index (χ1v) is 15.8. The van der Waals surface area contributed by atoms with E-state index in [0.29, 0.717) is 32.2 Å². The average molecular weight is 594 g/mol. The van der Waals surface area contributed by atoms with E-state index in [9.17, 15) is 4.79 Å². The quantitative estimate of drug-likeness (QED) is 0.207. The molecule has 1 unspecified atom stereocenters. The van der Waals surface area contributed by atoms with Crippen molar-refractivity contribution in [2.24, 2.45) is 5.92 Å². The first-order chi connectivity index (χ1) is 21.7. The lowest BCUT2D eigenvalue weighted by atomic mass is 9.97. The van der Waals surface area contributed by atoms with Crippen molar-refractivity contribution in [3.8, 4) is 11.5 Å². The third-order valence-electron chi connectivity index (χ3n) is 8.88. The lowest BCUT2D eigenvalue weighted by Gasteiger charge is -2.35. The van der Waals surface area contributed by atoms with Crippen molar-refractivity contribution < 1.29 is 19.0 Å². The number of carbonyl (C=O) groups excluding carboxylic acids is 1. The standard InChI is InChI=1S/C37H43N3O4/c1-42-36-18-17-31-13-5-7-15-33(31)34(36)26-39-19-9-12-30(24-39)28-44-37(41)40-22-20-38(21-23-40)25-32-14-6-8-16-35(32)43-27-29-10-3-2-4-11-29/h2-8,10-11,13-18,30H,9,12,19-28H2,1H3. The largest absolute Gasteiger partial charge is 0.496 e. The Labute approximate surface area is 260 Å². The molecule has 0 aromatic heterocycles. The van der Waals surface area contributed by atoms with Gasteiger partial charge in [-0.3, -0.25) is 9.80 Å². The summed E-state index contributed by atoms with van der Waals surface area (Å²) in [5.74, 6) is 2.18. The van der Waals surface area contributed by atoms with Crippen LogP contribution in [0.1, 0.15) is 29.5 Å². The molecule has 1 atom stereocenters. The van der Waals surface area contributed by atoms with E-state index in [4.69, 9.17) is 14.2 Å². The van der Waals surface area contributed by atoms with Gasteiger partial charge in [-0.1, -0.05) is 78.9 Å². The molecule has 0 saturated carbocycles. The number of carbonyl (C=O) groups is 1. The highest BCUT2D eigenvalue weighted by Gasteiger charge is 2.26. The molecule has 44 heavy (non-hydrogen) atoms. The van der Waals surface area contributed by atoms with Gasteiger partial charge in [-0.25, -0.2) is 4.79 Å². The van der Waals surface area contributed by atoms with E-state index >= 15 is 0 Å². The van der Waals surface area contributed by atoms with Gasteiger partial charge in [0.2, 0.25) is 0 Å². The first-order valence-electron chi connectivity index (χ1n) is 15.8. The number of hydrogen-bond donors (Lipinski definition) is 0. The van der Waals surface area contributed by atoms with E-state index < -0.39 is 0 Å². The van der Waals surface area contributed by atoms with Crippen LogP contribution in [0.2, 0.25) is 0 Å². The summed E-state index contributed by atoms with van der Waals surface area (Å²) in [5.41, 5.74) is 3.55. The summed E-state index contributed by atoms with van der Waals surface area (Å²) < 4.78 is 17.8. The number of hydrogen-bond acceptors (Lipinski definition) is 6. The van der Waals surface area contributed by atoms with Gasteiger partial charge >= 0.3 is 6.09 Å². The molecular weight excluding hydrogens is 550 g/mol. The van der Waals surface area contributed by atoms with E-state index in [2.05, 4.69) is 70.5 Å². The molecule has 1 amide bonds. The summed E-state index contributed by atoms with van der Waals surface area (Å²) in [7, 11) is 1.74. The van der Waals surface area contributed by atoms with Crippen LogP contribution in [0.3, 0.4) is 0 Å². The van der Waals surface area contributed by atoms with Crippen molar-refractivity contribution in [1.29, 1.82) is 0 Å². The zero-order valence-corrected chi connectivity index (χ0v) is 25.7. The van der Waals surface area contributed by atoms with E-state index in [0.717, 1.165) is 69.2 Å². The Balaban J connectivity index is 0.961. The van der Waals surface area contributed by atoms with Crippen LogP contribution < -0.4 is 9.47 Å². The number of para-hydroxylation sites is 1. The van der Waals surface area contributed by atoms with Gasteiger partial charge in [0.1, 0.15) is 18.1 Å². The van der Waals surface area contributed by atoms with Crippen molar-refractivity contribution in [2.45, 2.75) is 32.5 Å². The predicted octanol–water partition coefficient (Wildman–Crippen LogP) is 6.59. The second kappa shape index (κ2) is 14.6. The zero-order chi connectivity index (χ0) is 30.1. The van der Waals surface area contributed by atoms with Gasteiger partial charge in [-0.05, 0) is 47.9 Å². The highest BCUT2D eigenvalue weighted by molar-refractivity contribution is 5.87. The molecule has 0 spiro atoms. The average Bonchev–Trinajstić information content (AvgIpc) is 3.08. The molecule has 2 saturated heterocycles. The van der Waals surface area contributed by atoms with Gasteiger partial charge < -0.3 is 19.1 Å². The molecular formula is C37H43N3O4. The van der Waals surface area contributed by atoms with Crippen molar-refractivity contribution in [1.82, 2.24) is 14.7 Å². The maximum absolute atomic E-state index is 13.0. The van der Waals surface area contributed by atoms with Gasteiger partial charge in [0.15, 0.2) is 0 Å². The molecule has 230 valence electrons. The SMILES string of the molecule is COc1ccc2ccccc2c1CN1CCCC(COC(=O)N2CCN(Cc3ccccc3OCc3ccccc3)CC2)C1. The van der Waals surface area contributed by atoms with Gasteiger partial charge in [0, 0.05) is 62.9 Å². The summed E-state index contributed by atoms with van der Waals surface area (Å²) in [4.78, 5) is 19.7. The summed E-state index contributed by atoms with van der Waals surface area (Å²) in [6, 6.07) is 31.2. The van der Waals surface area contributed by atoms with E-state index in [1.54, 1.807) is 7.11 Å². The molecule has 4 aromatic carbocycles. The Morgan fingerprint density at radius 3 is 2.39 bits per heavy atom. The van der Waals surface area contributed by atoms with Crippen molar-refractivity contribution in [3.05, 3.63) is 108 Å². The second-order valence-corrected chi connectivity index (χ2v) is 11.9. The summed E-state index contributed by atoms with van der Waals surface area (Å²) in [6.45, 7) is 7.57. The Kier molecular flexibility index (Phi) is 9.95. The normalized spacial score (nSPS) is 17.8. The number of piperazine rings is 1. The number of fused-ring (bicyclic) bond motifs is 1. The fraction of sp³-hybridized carbons (Fsp3) is 0.378. The number of methoxy groups -OCH3 is 1. The van der Waals surface area contributed by atoms with Gasteiger partial charge in [-0.15, -0.1) is 0 Å². The van der Waals surface area contributed by atoms with E-state index in [1.807, 2.05) is 35.2 Å². The lowest BCUT2D eigenvalue weighted by molar-refractivity contribution is 0.0489. The number of rotatable bonds is 10. The molecule has 2 heterocycles. The topological polar surface area (TPSA) is 54.5 Å². The molecule has 4 aromatic rings. The molecule has 2 aliphatic rings. The van der Waals surface area contributed by atoms with Crippen LogP contribution in [0.25, 0.3) is 10.8 Å². The molecule has 7 heteroatoms. The Morgan fingerprint density at radius 2 is 1.55 bits per heavy atom. The minimum atomic E-state index is -0.191. The van der Waals surface area contributed by atoms with Gasteiger partial charge in [-0.2, -0.15) is 0 Å². The molecule has 2 aliphatic heterocycles. The van der Waals surface area contributed by atoms with Crippen LogP contribution in [0, 0.1) is 5.92 Å². The van der Waals surface area contributed by atoms with E-state index in [1.165, 1.54) is 21.9 Å². The number of piperidine rings is 1. The van der Waals surface area contributed by atoms with Crippen LogP contribution >= 0.6 is 0 Å². The number of likely N-dealkylation sites (tertiary alicyclic amines) is 1. The van der Waals surface area contributed by atoms with Gasteiger partial charge in [0.25, 0.3) is 0 Å². The number of nitrogens with zero attached hydrogens (tertiary/aromatic N) is 3. The highest BCUT2D eigenvalue weighted by Crippen LogP contribution is 2.31. The fourth-order valence-electron chi connectivity index (χ4n) is 6.45. The molecule has 0 bridgehead atoms. The van der Waals surface area contributed by atoms with Crippen LogP contribution in [0.4, 0.5) is 4.79 Å². The zero-order valence-electron chi connectivity index (χ0n) is 25.7. The smallest absolute Gasteiger partial charge is 0.409 e. The molecule has 0 aliphatic carbocycles. The minimum Gasteiger partial charge on any atom is -0.496 e. The van der Waals surface area contributed by atoms with Crippen LogP contribution in [0.5, 0.6) is 11.5 Å². The highest BCUT2D eigenvalue weighted by atomic mass is 16.6. The maximum Gasteiger partial charge on any atom is 0.409 e. The minimum absolute atomic E-state index is 0.191. The lowest BCUT2D eigenvalue weighted by Crippen LogP contribution is -2.49. The number of benzene rings is 4. The second-order valence-electron chi connectivity index (χ2n) is 11.9. The van der Waals surface area contributed by atoms with Crippen LogP contribution in [-0.4, -0.2) is 73.8 Å². The third-order valence-corrected chi connectivity index (χ3v) is 8.88. The first kappa shape index (κ1) is 30.0. The molecule has 2 fully saturated rings. The molecule has 6 rings (SSSR count). The number of ether oxygens (including phenoxy) is 3. The van der Waals surface area contributed by atoms with Crippen LogP contribution in [0.15, 0.2) is 91.0 Å². The van der Waals surface area contributed by atoms with Crippen molar-refractivity contribution >= 4 is 16.9 Å². The summed E-state index contributed by atoms with van der Waals surface area (Å²) >= 11 is 0. The Hall–Kier alpha value is -4.07. The predicted molar refractivity (Wildman–Crippen MR) is 174 cm³/mol. The van der Waals surface area contributed by atoms with Crippen molar-refractivity contribution in [3.63, 3.8) is 0 Å². The molecule has 0 radical (unpaired) electrons.